The number of hydrogen-bond acceptors (Lipinski definition) is 4. The van der Waals surface area contributed by atoms with Gasteiger partial charge in [0.25, 0.3) is 0 Å². The number of nitrogens with zero attached hydrogens (tertiary/aromatic N) is 2. The maximum absolute atomic E-state index is 12.6. The molecular weight excluding hydrogens is 351 g/mol. The zero-order valence-corrected chi connectivity index (χ0v) is 14.3. The first-order valence-electron chi connectivity index (χ1n) is 6.73. The fraction of sp³-hybridized carbons (Fsp3) is 0.462. The van der Waals surface area contributed by atoms with Gasteiger partial charge in [0.05, 0.1) is 11.6 Å². The number of halogens is 2. The first kappa shape index (κ1) is 17.3. The van der Waals surface area contributed by atoms with Gasteiger partial charge in [-0.1, -0.05) is 23.2 Å². The first-order chi connectivity index (χ1) is 10.4. The van der Waals surface area contributed by atoms with Gasteiger partial charge in [-0.3, -0.25) is 0 Å². The summed E-state index contributed by atoms with van der Waals surface area (Å²) in [6, 6.07) is 4.26. The Balaban J connectivity index is 2.11. The highest BCUT2D eigenvalue weighted by molar-refractivity contribution is 7.89. The van der Waals surface area contributed by atoms with Crippen LogP contribution >= 0.6 is 23.2 Å². The Morgan fingerprint density at radius 1 is 1.23 bits per heavy atom. The average molecular weight is 367 g/mol. The average Bonchev–Trinajstić information content (AvgIpc) is 2.47. The van der Waals surface area contributed by atoms with Gasteiger partial charge in [0, 0.05) is 31.2 Å². The van der Waals surface area contributed by atoms with E-state index in [1.54, 1.807) is 6.92 Å². The van der Waals surface area contributed by atoms with Gasteiger partial charge in [-0.25, -0.2) is 13.2 Å². The molecule has 1 aromatic carbocycles. The van der Waals surface area contributed by atoms with Gasteiger partial charge in [0.2, 0.25) is 10.0 Å². The molecule has 1 fully saturated rings. The summed E-state index contributed by atoms with van der Waals surface area (Å²) >= 11 is 11.8. The van der Waals surface area contributed by atoms with Crippen molar-refractivity contribution in [2.24, 2.45) is 0 Å². The summed E-state index contributed by atoms with van der Waals surface area (Å²) < 4.78 is 31.4. The SMILES string of the molecule is CCOC(=O)N1CCN(S(=O)(=O)c2ccc(Cl)cc2Cl)CC1. The van der Waals surface area contributed by atoms with Crippen LogP contribution in [-0.2, 0) is 14.8 Å². The number of amides is 1. The number of sulfonamides is 1. The second kappa shape index (κ2) is 7.04. The van der Waals surface area contributed by atoms with Crippen LogP contribution in [0.3, 0.4) is 0 Å². The highest BCUT2D eigenvalue weighted by Gasteiger charge is 2.31. The van der Waals surface area contributed by atoms with Crippen molar-refractivity contribution in [1.29, 1.82) is 0 Å². The Morgan fingerprint density at radius 3 is 2.41 bits per heavy atom. The number of benzene rings is 1. The number of ether oxygens (including phenoxy) is 1. The van der Waals surface area contributed by atoms with Crippen LogP contribution in [0.1, 0.15) is 6.92 Å². The molecule has 6 nitrogen and oxygen atoms in total. The molecule has 0 N–H and O–H groups in total. The number of carbonyl (C=O) groups is 1. The molecule has 0 spiro atoms. The van der Waals surface area contributed by atoms with E-state index in [-0.39, 0.29) is 42.7 Å². The van der Waals surface area contributed by atoms with Crippen LogP contribution in [0, 0.1) is 0 Å². The van der Waals surface area contributed by atoms with Gasteiger partial charge in [-0.05, 0) is 25.1 Å². The summed E-state index contributed by atoms with van der Waals surface area (Å²) in [5, 5.41) is 0.455. The van der Waals surface area contributed by atoms with Crippen molar-refractivity contribution in [3.05, 3.63) is 28.2 Å². The van der Waals surface area contributed by atoms with Crippen molar-refractivity contribution in [2.45, 2.75) is 11.8 Å². The van der Waals surface area contributed by atoms with E-state index in [0.29, 0.717) is 5.02 Å². The smallest absolute Gasteiger partial charge is 0.409 e. The van der Waals surface area contributed by atoms with E-state index in [1.807, 2.05) is 0 Å². The first-order valence-corrected chi connectivity index (χ1v) is 8.92. The van der Waals surface area contributed by atoms with Gasteiger partial charge in [-0.15, -0.1) is 0 Å². The third-order valence-electron chi connectivity index (χ3n) is 3.28. The van der Waals surface area contributed by atoms with Crippen molar-refractivity contribution >= 4 is 39.3 Å². The molecule has 1 aliphatic rings. The zero-order chi connectivity index (χ0) is 16.3. The fourth-order valence-electron chi connectivity index (χ4n) is 2.15. The van der Waals surface area contributed by atoms with E-state index in [0.717, 1.165) is 0 Å². The molecule has 122 valence electrons. The van der Waals surface area contributed by atoms with Crippen molar-refractivity contribution in [3.63, 3.8) is 0 Å². The Morgan fingerprint density at radius 2 is 1.86 bits per heavy atom. The molecule has 0 radical (unpaired) electrons. The van der Waals surface area contributed by atoms with E-state index < -0.39 is 16.1 Å². The van der Waals surface area contributed by atoms with Gasteiger partial charge < -0.3 is 9.64 Å². The highest BCUT2D eigenvalue weighted by atomic mass is 35.5. The number of hydrogen-bond donors (Lipinski definition) is 0. The van der Waals surface area contributed by atoms with Crippen LogP contribution in [0.4, 0.5) is 4.79 Å². The molecule has 0 aromatic heterocycles. The van der Waals surface area contributed by atoms with Crippen LogP contribution in [-0.4, -0.2) is 56.5 Å². The molecule has 0 unspecified atom stereocenters. The molecule has 0 bridgehead atoms. The maximum Gasteiger partial charge on any atom is 0.409 e. The number of carbonyl (C=O) groups excluding carboxylic acids is 1. The molecule has 1 heterocycles. The standard InChI is InChI=1S/C13H16Cl2N2O4S/c1-2-21-13(18)16-5-7-17(8-6-16)22(19,20)12-4-3-10(14)9-11(12)15/h3-4,9H,2,5-8H2,1H3. The molecule has 0 saturated carbocycles. The topological polar surface area (TPSA) is 66.9 Å². The lowest BCUT2D eigenvalue weighted by Crippen LogP contribution is -2.50. The maximum atomic E-state index is 12.6. The predicted octanol–water partition coefficient (Wildman–Crippen LogP) is 2.46. The lowest BCUT2D eigenvalue weighted by Gasteiger charge is -2.33. The molecule has 0 atom stereocenters. The molecule has 22 heavy (non-hydrogen) atoms. The summed E-state index contributed by atoms with van der Waals surface area (Å²) in [5.41, 5.74) is 0. The second-order valence-electron chi connectivity index (χ2n) is 4.66. The quantitative estimate of drug-likeness (QED) is 0.823. The number of rotatable bonds is 3. The third kappa shape index (κ3) is 3.65. The summed E-state index contributed by atoms with van der Waals surface area (Å²) in [6.07, 6.45) is -0.427. The Kier molecular flexibility index (Phi) is 5.55. The lowest BCUT2D eigenvalue weighted by molar-refractivity contribution is 0.0934. The third-order valence-corrected chi connectivity index (χ3v) is 5.89. The van der Waals surface area contributed by atoms with Gasteiger partial charge in [0.15, 0.2) is 0 Å². The minimum atomic E-state index is -3.71. The molecule has 1 saturated heterocycles. The monoisotopic (exact) mass is 366 g/mol. The molecule has 0 aliphatic carbocycles. The largest absolute Gasteiger partial charge is 0.450 e. The van der Waals surface area contributed by atoms with Crippen molar-refractivity contribution in [1.82, 2.24) is 9.21 Å². The van der Waals surface area contributed by atoms with E-state index in [9.17, 15) is 13.2 Å². The summed E-state index contributed by atoms with van der Waals surface area (Å²) in [6.45, 7) is 2.96. The molecular formula is C13H16Cl2N2O4S. The Bertz CT molecular complexity index is 658. The molecule has 9 heteroatoms. The van der Waals surface area contributed by atoms with Crippen molar-refractivity contribution in [2.75, 3.05) is 32.8 Å². The van der Waals surface area contributed by atoms with E-state index in [2.05, 4.69) is 0 Å². The number of piperazine rings is 1. The van der Waals surface area contributed by atoms with Crippen LogP contribution in [0.2, 0.25) is 10.0 Å². The van der Waals surface area contributed by atoms with E-state index in [1.165, 1.54) is 27.4 Å². The van der Waals surface area contributed by atoms with Crippen LogP contribution in [0.5, 0.6) is 0 Å². The summed E-state index contributed by atoms with van der Waals surface area (Å²) in [4.78, 5) is 13.1. The zero-order valence-electron chi connectivity index (χ0n) is 12.0. The van der Waals surface area contributed by atoms with Crippen molar-refractivity contribution < 1.29 is 17.9 Å². The van der Waals surface area contributed by atoms with E-state index >= 15 is 0 Å². The van der Waals surface area contributed by atoms with Crippen LogP contribution in [0.15, 0.2) is 23.1 Å². The fourth-order valence-corrected chi connectivity index (χ4v) is 4.32. The molecule has 1 amide bonds. The minimum Gasteiger partial charge on any atom is -0.450 e. The summed E-state index contributed by atoms with van der Waals surface area (Å²) in [5.74, 6) is 0. The molecule has 2 rings (SSSR count). The lowest BCUT2D eigenvalue weighted by atomic mass is 10.4. The normalized spacial score (nSPS) is 16.6. The van der Waals surface area contributed by atoms with Gasteiger partial charge >= 0.3 is 6.09 Å². The molecule has 1 aromatic rings. The predicted molar refractivity (Wildman–Crippen MR) is 83.8 cm³/mol. The van der Waals surface area contributed by atoms with Crippen molar-refractivity contribution in [3.8, 4) is 0 Å². The Labute approximate surface area is 139 Å². The summed E-state index contributed by atoms with van der Waals surface area (Å²) in [7, 11) is -3.71. The van der Waals surface area contributed by atoms with Gasteiger partial charge in [-0.2, -0.15) is 4.31 Å². The van der Waals surface area contributed by atoms with Crippen LogP contribution in [0.25, 0.3) is 0 Å². The van der Waals surface area contributed by atoms with Crippen LogP contribution < -0.4 is 0 Å². The highest BCUT2D eigenvalue weighted by Crippen LogP contribution is 2.28. The van der Waals surface area contributed by atoms with E-state index in [4.69, 9.17) is 27.9 Å². The minimum absolute atomic E-state index is 0.0168. The second-order valence-corrected chi connectivity index (χ2v) is 7.41. The molecule has 1 aliphatic heterocycles. The van der Waals surface area contributed by atoms with Gasteiger partial charge in [0.1, 0.15) is 4.90 Å². The Hall–Kier alpha value is -1.02.